The van der Waals surface area contributed by atoms with Crippen molar-refractivity contribution < 1.29 is 19.1 Å². The zero-order chi connectivity index (χ0) is 18.9. The molecule has 3 atom stereocenters. The van der Waals surface area contributed by atoms with Crippen LogP contribution >= 0.6 is 11.6 Å². The first-order valence-electron chi connectivity index (χ1n) is 8.16. The molecule has 7 heteroatoms. The first kappa shape index (κ1) is 18.2. The fourth-order valence-corrected chi connectivity index (χ4v) is 4.21. The summed E-state index contributed by atoms with van der Waals surface area (Å²) in [6, 6.07) is 12.3. The van der Waals surface area contributed by atoms with Crippen molar-refractivity contribution in [1.29, 1.82) is 0 Å². The number of halogens is 2. The summed E-state index contributed by atoms with van der Waals surface area (Å²) in [4.78, 5) is 23.7. The lowest BCUT2D eigenvalue weighted by molar-refractivity contribution is -0.144. The number of carboxylic acids is 1. The van der Waals surface area contributed by atoms with Crippen LogP contribution in [0.4, 0.5) is 9.18 Å². The second-order valence-corrected chi connectivity index (χ2v) is 6.88. The van der Waals surface area contributed by atoms with Crippen molar-refractivity contribution in [2.45, 2.75) is 29.7 Å². The molecule has 1 aliphatic carbocycles. The van der Waals surface area contributed by atoms with Crippen molar-refractivity contribution in [2.75, 3.05) is 0 Å². The number of benzene rings is 2. The van der Waals surface area contributed by atoms with E-state index in [9.17, 15) is 19.1 Å². The summed E-state index contributed by atoms with van der Waals surface area (Å²) < 4.78 is 13.3. The molecule has 0 spiro atoms. The Bertz CT molecular complexity index is 843. The van der Waals surface area contributed by atoms with E-state index in [1.807, 2.05) is 12.1 Å². The van der Waals surface area contributed by atoms with Crippen LogP contribution in [-0.2, 0) is 4.79 Å². The standard InChI is InChI=1S/C19H18ClFN2O3/c20-16-10-9-15(19(16,17(24)25)23-18(22)26)14-4-2-1-3-13(14)11-5-7-12(21)8-6-11/h1-8,15-16H,9-10H2,(H,24,25)(H3,22,23,26). The van der Waals surface area contributed by atoms with Crippen molar-refractivity contribution in [3.05, 3.63) is 59.9 Å². The minimum absolute atomic E-state index is 0.358. The number of amides is 2. The van der Waals surface area contributed by atoms with E-state index in [1.165, 1.54) is 12.1 Å². The third-order valence-electron chi connectivity index (χ3n) is 4.93. The molecule has 2 aromatic rings. The number of hydrogen-bond acceptors (Lipinski definition) is 2. The number of alkyl halides is 1. The molecule has 1 saturated carbocycles. The van der Waals surface area contributed by atoms with Gasteiger partial charge in [0.15, 0.2) is 5.54 Å². The number of hydrogen-bond donors (Lipinski definition) is 3. The Kier molecular flexibility index (Phi) is 4.87. The van der Waals surface area contributed by atoms with Crippen molar-refractivity contribution >= 4 is 23.6 Å². The molecule has 0 aromatic heterocycles. The zero-order valence-corrected chi connectivity index (χ0v) is 14.5. The maximum absolute atomic E-state index is 13.3. The summed E-state index contributed by atoms with van der Waals surface area (Å²) in [6.45, 7) is 0. The highest BCUT2D eigenvalue weighted by Crippen LogP contribution is 2.48. The van der Waals surface area contributed by atoms with Crippen LogP contribution in [0.25, 0.3) is 11.1 Å². The number of carboxylic acid groups (broad SMARTS) is 1. The van der Waals surface area contributed by atoms with E-state index in [1.54, 1.807) is 24.3 Å². The Balaban J connectivity index is 2.14. The third kappa shape index (κ3) is 3.01. The Morgan fingerprint density at radius 2 is 1.81 bits per heavy atom. The molecule has 26 heavy (non-hydrogen) atoms. The quantitative estimate of drug-likeness (QED) is 0.713. The summed E-state index contributed by atoms with van der Waals surface area (Å²) in [5.74, 6) is -2.16. The molecular weight excluding hydrogens is 359 g/mol. The van der Waals surface area contributed by atoms with E-state index in [2.05, 4.69) is 5.32 Å². The van der Waals surface area contributed by atoms with E-state index in [4.69, 9.17) is 17.3 Å². The average Bonchev–Trinajstić information content (AvgIpc) is 2.93. The molecule has 1 fully saturated rings. The molecule has 2 amide bonds. The smallest absolute Gasteiger partial charge is 0.331 e. The molecule has 0 bridgehead atoms. The third-order valence-corrected chi connectivity index (χ3v) is 5.49. The predicted octanol–water partition coefficient (Wildman–Crippen LogP) is 3.47. The van der Waals surface area contributed by atoms with Crippen LogP contribution in [0.5, 0.6) is 0 Å². The maximum atomic E-state index is 13.3. The molecule has 3 rings (SSSR count). The molecule has 3 unspecified atom stereocenters. The van der Waals surface area contributed by atoms with E-state index in [0.29, 0.717) is 12.8 Å². The molecule has 0 heterocycles. The number of aliphatic carboxylic acids is 1. The highest BCUT2D eigenvalue weighted by atomic mass is 35.5. The first-order chi connectivity index (χ1) is 12.4. The predicted molar refractivity (Wildman–Crippen MR) is 96.5 cm³/mol. The first-order valence-corrected chi connectivity index (χ1v) is 8.60. The van der Waals surface area contributed by atoms with Gasteiger partial charge in [0.25, 0.3) is 0 Å². The van der Waals surface area contributed by atoms with Crippen molar-refractivity contribution in [2.24, 2.45) is 5.73 Å². The van der Waals surface area contributed by atoms with E-state index >= 15 is 0 Å². The van der Waals surface area contributed by atoms with Crippen LogP contribution in [0.1, 0.15) is 24.3 Å². The second kappa shape index (κ2) is 6.96. The van der Waals surface area contributed by atoms with E-state index < -0.39 is 28.8 Å². The van der Waals surface area contributed by atoms with Gasteiger partial charge in [-0.05, 0) is 41.7 Å². The average molecular weight is 377 g/mol. The lowest BCUT2D eigenvalue weighted by Crippen LogP contribution is -2.62. The van der Waals surface area contributed by atoms with Gasteiger partial charge >= 0.3 is 12.0 Å². The Morgan fingerprint density at radius 1 is 1.15 bits per heavy atom. The van der Waals surface area contributed by atoms with Gasteiger partial charge in [-0.25, -0.2) is 14.0 Å². The summed E-state index contributed by atoms with van der Waals surface area (Å²) in [5, 5.41) is 11.5. The second-order valence-electron chi connectivity index (χ2n) is 6.36. The van der Waals surface area contributed by atoms with Gasteiger partial charge in [0.05, 0.1) is 5.38 Å². The maximum Gasteiger partial charge on any atom is 0.331 e. The highest BCUT2D eigenvalue weighted by molar-refractivity contribution is 6.24. The van der Waals surface area contributed by atoms with Crippen LogP contribution in [-0.4, -0.2) is 28.0 Å². The van der Waals surface area contributed by atoms with Gasteiger partial charge < -0.3 is 16.2 Å². The number of carbonyl (C=O) groups is 2. The lowest BCUT2D eigenvalue weighted by Gasteiger charge is -2.35. The largest absolute Gasteiger partial charge is 0.479 e. The van der Waals surface area contributed by atoms with E-state index in [-0.39, 0.29) is 5.82 Å². The van der Waals surface area contributed by atoms with Gasteiger partial charge in [-0.1, -0.05) is 36.4 Å². The molecular formula is C19H18ClFN2O3. The van der Waals surface area contributed by atoms with Crippen LogP contribution in [0.2, 0.25) is 0 Å². The molecule has 0 saturated heterocycles. The number of carbonyl (C=O) groups excluding carboxylic acids is 1. The SMILES string of the molecule is NC(=O)NC1(C(=O)O)C(Cl)CCC1c1ccccc1-c1ccc(F)cc1. The molecule has 1 aliphatic rings. The molecule has 5 nitrogen and oxygen atoms in total. The van der Waals surface area contributed by atoms with Crippen molar-refractivity contribution in [3.8, 4) is 11.1 Å². The number of nitrogens with one attached hydrogen (secondary N) is 1. The van der Waals surface area contributed by atoms with Gasteiger partial charge in [0.1, 0.15) is 5.82 Å². The summed E-state index contributed by atoms with van der Waals surface area (Å²) in [5.41, 5.74) is 5.78. The lowest BCUT2D eigenvalue weighted by atomic mass is 9.78. The molecule has 136 valence electrons. The van der Waals surface area contributed by atoms with Crippen LogP contribution in [0.15, 0.2) is 48.5 Å². The van der Waals surface area contributed by atoms with Crippen molar-refractivity contribution in [3.63, 3.8) is 0 Å². The summed E-state index contributed by atoms with van der Waals surface area (Å²) >= 11 is 6.34. The Morgan fingerprint density at radius 3 is 2.42 bits per heavy atom. The normalized spacial score (nSPS) is 25.0. The molecule has 0 radical (unpaired) electrons. The Hall–Kier alpha value is -2.60. The van der Waals surface area contributed by atoms with Gasteiger partial charge in [0.2, 0.25) is 0 Å². The van der Waals surface area contributed by atoms with Gasteiger partial charge in [0, 0.05) is 5.92 Å². The minimum atomic E-state index is -1.70. The topological polar surface area (TPSA) is 92.4 Å². The van der Waals surface area contributed by atoms with Crippen molar-refractivity contribution in [1.82, 2.24) is 5.32 Å². The number of rotatable bonds is 4. The van der Waals surface area contributed by atoms with E-state index in [0.717, 1.165) is 16.7 Å². The van der Waals surface area contributed by atoms with Gasteiger partial charge in [-0.15, -0.1) is 11.6 Å². The fourth-order valence-electron chi connectivity index (χ4n) is 3.79. The molecule has 0 aliphatic heterocycles. The molecule has 4 N–H and O–H groups in total. The monoisotopic (exact) mass is 376 g/mol. The van der Waals surface area contributed by atoms with Crippen LogP contribution in [0, 0.1) is 5.82 Å². The number of urea groups is 1. The van der Waals surface area contributed by atoms with Gasteiger partial charge in [-0.3, -0.25) is 0 Å². The van der Waals surface area contributed by atoms with Crippen LogP contribution in [0.3, 0.4) is 0 Å². The van der Waals surface area contributed by atoms with Gasteiger partial charge in [-0.2, -0.15) is 0 Å². The zero-order valence-electron chi connectivity index (χ0n) is 13.8. The Labute approximate surface area is 155 Å². The summed E-state index contributed by atoms with van der Waals surface area (Å²) in [7, 11) is 0. The number of nitrogens with two attached hydrogens (primary N) is 1. The highest BCUT2D eigenvalue weighted by Gasteiger charge is 2.57. The minimum Gasteiger partial charge on any atom is -0.479 e. The molecule has 2 aromatic carbocycles. The summed E-state index contributed by atoms with van der Waals surface area (Å²) in [6.07, 6.45) is 0.884. The van der Waals surface area contributed by atoms with Crippen LogP contribution < -0.4 is 11.1 Å². The number of primary amides is 1. The fraction of sp³-hybridized carbons (Fsp3) is 0.263.